The van der Waals surface area contributed by atoms with Gasteiger partial charge in [-0.25, -0.2) is 0 Å². The minimum absolute atomic E-state index is 0. The van der Waals surface area contributed by atoms with Gasteiger partial charge in [-0.3, -0.25) is 0 Å². The number of nitrogens with one attached hydrogen (secondary N) is 1. The number of likely N-dealkylation sites (N-methyl/N-ethyl adjacent to an activating group) is 1. The molecule has 42 valence electrons. The predicted molar refractivity (Wildman–Crippen MR) is 33.6 cm³/mol. The van der Waals surface area contributed by atoms with E-state index in [1.807, 2.05) is 6.92 Å². The van der Waals surface area contributed by atoms with Crippen LogP contribution in [-0.4, -0.2) is 62.5 Å². The summed E-state index contributed by atoms with van der Waals surface area (Å²) < 4.78 is 0. The first-order valence-corrected chi connectivity index (χ1v) is 2.23. The van der Waals surface area contributed by atoms with Gasteiger partial charge in [0.1, 0.15) is 0 Å². The Morgan fingerprint density at radius 2 is 2.29 bits per heavy atom. The third kappa shape index (κ3) is 11.0. The van der Waals surface area contributed by atoms with Crippen molar-refractivity contribution in [3.05, 3.63) is 0 Å². The van der Waals surface area contributed by atoms with Gasteiger partial charge in [0.15, 0.2) is 0 Å². The minimum Gasteiger partial charge on any atom is -1.00 e. The molecule has 0 spiro atoms. The van der Waals surface area contributed by atoms with Crippen LogP contribution in [0.25, 0.3) is 0 Å². The molecule has 0 amide bonds. The Kier molecular flexibility index (Phi) is 16.1. The molecule has 0 heterocycles. The molecule has 0 atom stereocenters. The van der Waals surface area contributed by atoms with Gasteiger partial charge in [-0.2, -0.15) is 0 Å². The summed E-state index contributed by atoms with van der Waals surface area (Å²) in [5, 5.41) is 11.1. The normalized spacial score (nSPS) is 7.71. The monoisotopic (exact) mass is 131 g/mol. The molecule has 0 radical (unpaired) electrons. The maximum Gasteiger partial charge on any atom is 2.00 e. The molecule has 0 aromatic carbocycles. The van der Waals surface area contributed by atoms with E-state index < -0.39 is 0 Å². The van der Waals surface area contributed by atoms with Crippen molar-refractivity contribution >= 4 is 37.7 Å². The maximum absolute atomic E-state index is 8.13. The van der Waals surface area contributed by atoms with Gasteiger partial charge < -0.3 is 13.3 Å². The third-order valence-electron chi connectivity index (χ3n) is 0.539. The molecule has 0 aromatic rings. The first-order valence-electron chi connectivity index (χ1n) is 2.23. The largest absolute Gasteiger partial charge is 2.00 e. The Bertz CT molecular complexity index is 30.5. The summed E-state index contributed by atoms with van der Waals surface area (Å²) in [4.78, 5) is 0. The molecule has 2 N–H and O–H groups in total. The molecule has 0 saturated carbocycles. The van der Waals surface area contributed by atoms with E-state index in [4.69, 9.17) is 5.11 Å². The fraction of sp³-hybridized carbons (Fsp3) is 1.00. The van der Waals surface area contributed by atoms with Crippen LogP contribution in [0.5, 0.6) is 0 Å². The molecule has 0 saturated heterocycles. The molecule has 0 unspecified atom stereocenters. The SMILES string of the molecule is CCNCCO.[Ca+2].[H-].[H-]. The molecule has 0 fully saturated rings. The van der Waals surface area contributed by atoms with Crippen LogP contribution in [0.4, 0.5) is 0 Å². The third-order valence-corrected chi connectivity index (χ3v) is 0.539. The predicted octanol–water partition coefficient (Wildman–Crippen LogP) is -0.568. The fourth-order valence-corrected chi connectivity index (χ4v) is 0.256. The standard InChI is InChI=1S/C4H11NO.Ca.2H/c1-2-5-3-4-6;;;/h5-6H,2-4H2,1H3;;;/q;+2;2*-1. The zero-order valence-electron chi connectivity index (χ0n) is 6.78. The van der Waals surface area contributed by atoms with Gasteiger partial charge in [0.25, 0.3) is 0 Å². The summed E-state index contributed by atoms with van der Waals surface area (Å²) in [7, 11) is 0. The van der Waals surface area contributed by atoms with Crippen LogP contribution in [0, 0.1) is 0 Å². The molecule has 0 bridgehead atoms. The maximum atomic E-state index is 8.13. The molecular weight excluding hydrogens is 118 g/mol. The van der Waals surface area contributed by atoms with Crippen molar-refractivity contribution in [2.24, 2.45) is 0 Å². The Balaban J connectivity index is -0.0000000417. The average Bonchev–Trinajstić information content (AvgIpc) is 1.61. The van der Waals surface area contributed by atoms with Crippen LogP contribution < -0.4 is 5.32 Å². The molecule has 0 aliphatic carbocycles. The molecule has 2 nitrogen and oxygen atoms in total. The summed E-state index contributed by atoms with van der Waals surface area (Å²) in [6.45, 7) is 3.92. The zero-order valence-corrected chi connectivity index (χ0v) is 6.98. The first-order chi connectivity index (χ1) is 2.91. The van der Waals surface area contributed by atoms with Crippen LogP contribution in [0.1, 0.15) is 9.78 Å². The van der Waals surface area contributed by atoms with Crippen molar-refractivity contribution in [1.82, 2.24) is 5.32 Å². The average molecular weight is 131 g/mol. The van der Waals surface area contributed by atoms with E-state index in [1.165, 1.54) is 0 Å². The van der Waals surface area contributed by atoms with E-state index in [1.54, 1.807) is 0 Å². The number of aliphatic hydroxyl groups excluding tert-OH is 1. The van der Waals surface area contributed by atoms with Crippen molar-refractivity contribution < 1.29 is 7.96 Å². The van der Waals surface area contributed by atoms with Crippen molar-refractivity contribution in [3.63, 3.8) is 0 Å². The Morgan fingerprint density at radius 1 is 1.71 bits per heavy atom. The van der Waals surface area contributed by atoms with Crippen LogP contribution in [0.3, 0.4) is 0 Å². The van der Waals surface area contributed by atoms with E-state index in [9.17, 15) is 0 Å². The summed E-state index contributed by atoms with van der Waals surface area (Å²) in [6.07, 6.45) is 0. The van der Waals surface area contributed by atoms with E-state index in [0.717, 1.165) is 13.1 Å². The van der Waals surface area contributed by atoms with E-state index >= 15 is 0 Å². The topological polar surface area (TPSA) is 32.3 Å². The zero-order chi connectivity index (χ0) is 4.83. The Morgan fingerprint density at radius 3 is 2.43 bits per heavy atom. The number of hydrogen-bond acceptors (Lipinski definition) is 2. The number of rotatable bonds is 3. The number of hydrogen-bond donors (Lipinski definition) is 2. The van der Waals surface area contributed by atoms with Crippen LogP contribution in [0.15, 0.2) is 0 Å². The quantitative estimate of drug-likeness (QED) is 0.397. The molecule has 0 rings (SSSR count). The van der Waals surface area contributed by atoms with Crippen molar-refractivity contribution in [1.29, 1.82) is 0 Å². The second kappa shape index (κ2) is 10.2. The summed E-state index contributed by atoms with van der Waals surface area (Å²) in [6, 6.07) is 0. The molecule has 0 aliphatic rings. The first kappa shape index (κ1) is 11.0. The molecular formula is C4H13CaNO. The summed E-state index contributed by atoms with van der Waals surface area (Å²) in [5.74, 6) is 0. The van der Waals surface area contributed by atoms with Crippen molar-refractivity contribution in [3.8, 4) is 0 Å². The van der Waals surface area contributed by atoms with Gasteiger partial charge in [-0.05, 0) is 6.54 Å². The van der Waals surface area contributed by atoms with Gasteiger partial charge in [-0.1, -0.05) is 6.92 Å². The van der Waals surface area contributed by atoms with Crippen LogP contribution >= 0.6 is 0 Å². The van der Waals surface area contributed by atoms with Crippen LogP contribution in [-0.2, 0) is 0 Å². The van der Waals surface area contributed by atoms with Gasteiger partial charge in [0, 0.05) is 6.54 Å². The fourth-order valence-electron chi connectivity index (χ4n) is 0.256. The van der Waals surface area contributed by atoms with Crippen molar-refractivity contribution in [2.45, 2.75) is 6.92 Å². The Hall–Kier alpha value is 1.18. The van der Waals surface area contributed by atoms with Crippen molar-refractivity contribution in [2.75, 3.05) is 19.7 Å². The molecule has 7 heavy (non-hydrogen) atoms. The smallest absolute Gasteiger partial charge is 1.00 e. The minimum atomic E-state index is 0. The van der Waals surface area contributed by atoms with E-state index in [2.05, 4.69) is 5.32 Å². The van der Waals surface area contributed by atoms with E-state index in [0.29, 0.717) is 0 Å². The second-order valence-corrected chi connectivity index (χ2v) is 1.08. The molecule has 3 heteroatoms. The Labute approximate surface area is 77.3 Å². The summed E-state index contributed by atoms with van der Waals surface area (Å²) in [5.41, 5.74) is 0. The summed E-state index contributed by atoms with van der Waals surface area (Å²) >= 11 is 0. The number of aliphatic hydroxyl groups is 1. The van der Waals surface area contributed by atoms with Crippen LogP contribution in [0.2, 0.25) is 0 Å². The van der Waals surface area contributed by atoms with Gasteiger partial charge in [-0.15, -0.1) is 0 Å². The van der Waals surface area contributed by atoms with Gasteiger partial charge in [0.2, 0.25) is 0 Å². The van der Waals surface area contributed by atoms with Gasteiger partial charge >= 0.3 is 37.7 Å². The molecule has 0 aromatic heterocycles. The second-order valence-electron chi connectivity index (χ2n) is 1.08. The van der Waals surface area contributed by atoms with E-state index in [-0.39, 0.29) is 47.2 Å². The van der Waals surface area contributed by atoms with Gasteiger partial charge in [0.05, 0.1) is 6.61 Å². The molecule has 0 aliphatic heterocycles.